The zero-order valence-electron chi connectivity index (χ0n) is 9.62. The molecule has 0 bridgehead atoms. The van der Waals surface area contributed by atoms with E-state index in [0.29, 0.717) is 6.42 Å². The summed E-state index contributed by atoms with van der Waals surface area (Å²) in [5, 5.41) is 0. The molecule has 0 saturated heterocycles. The highest BCUT2D eigenvalue weighted by atomic mass is 16.2. The average molecular weight is 217 g/mol. The number of Topliss-reactive ketones (excluding diaryl/α,β-unsaturated/α-hetero) is 1. The Morgan fingerprint density at radius 2 is 2.06 bits per heavy atom. The van der Waals surface area contributed by atoms with Crippen LogP contribution in [0.25, 0.3) is 0 Å². The van der Waals surface area contributed by atoms with Gasteiger partial charge in [-0.3, -0.25) is 9.59 Å². The van der Waals surface area contributed by atoms with E-state index in [0.717, 1.165) is 29.7 Å². The summed E-state index contributed by atoms with van der Waals surface area (Å²) in [6.07, 6.45) is 2.31. The Kier molecular flexibility index (Phi) is 2.77. The summed E-state index contributed by atoms with van der Waals surface area (Å²) in [6, 6.07) is 5.57. The molecule has 0 saturated carbocycles. The normalized spacial score (nSPS) is 15.6. The molecule has 0 N–H and O–H groups in total. The lowest BCUT2D eigenvalue weighted by Gasteiger charge is -2.17. The second kappa shape index (κ2) is 4.08. The highest BCUT2D eigenvalue weighted by Crippen LogP contribution is 2.26. The lowest BCUT2D eigenvalue weighted by molar-refractivity contribution is -0.118. The van der Waals surface area contributed by atoms with Gasteiger partial charge in [0.05, 0.1) is 0 Å². The van der Waals surface area contributed by atoms with Crippen LogP contribution >= 0.6 is 0 Å². The van der Waals surface area contributed by atoms with Crippen molar-refractivity contribution in [3.05, 3.63) is 29.3 Å². The van der Waals surface area contributed by atoms with Crippen LogP contribution < -0.4 is 4.90 Å². The zero-order chi connectivity index (χ0) is 11.7. The van der Waals surface area contributed by atoms with Crippen molar-refractivity contribution < 1.29 is 9.59 Å². The molecule has 1 aromatic carbocycles. The van der Waals surface area contributed by atoms with Gasteiger partial charge in [-0.25, -0.2) is 0 Å². The fourth-order valence-corrected chi connectivity index (χ4v) is 2.06. The van der Waals surface area contributed by atoms with Crippen LogP contribution in [0.2, 0.25) is 0 Å². The Labute approximate surface area is 95.1 Å². The Morgan fingerprint density at radius 3 is 2.75 bits per heavy atom. The molecule has 1 aromatic rings. The maximum absolute atomic E-state index is 11.7. The van der Waals surface area contributed by atoms with E-state index in [1.54, 1.807) is 24.9 Å². The molecule has 0 spiro atoms. The molecule has 0 aromatic heterocycles. The molecule has 3 nitrogen and oxygen atoms in total. The highest BCUT2D eigenvalue weighted by Gasteiger charge is 2.19. The zero-order valence-corrected chi connectivity index (χ0v) is 9.62. The summed E-state index contributed by atoms with van der Waals surface area (Å²) >= 11 is 0. The molecule has 1 aliphatic rings. The van der Waals surface area contributed by atoms with Gasteiger partial charge in [-0.15, -0.1) is 0 Å². The number of amides is 1. The standard InChI is InChI=1S/C13H15NO2/c1-9(15)10-6-7-12-11(8-10)4-3-5-13(16)14(12)2/h6-8H,3-5H2,1-2H3. The summed E-state index contributed by atoms with van der Waals surface area (Å²) in [6.45, 7) is 1.56. The summed E-state index contributed by atoms with van der Waals surface area (Å²) in [7, 11) is 1.79. The third-order valence-corrected chi connectivity index (χ3v) is 3.06. The first-order valence-electron chi connectivity index (χ1n) is 5.50. The number of fused-ring (bicyclic) bond motifs is 1. The minimum Gasteiger partial charge on any atom is -0.315 e. The van der Waals surface area contributed by atoms with Gasteiger partial charge in [-0.05, 0) is 43.5 Å². The Hall–Kier alpha value is -1.64. The Balaban J connectivity index is 2.47. The first-order chi connectivity index (χ1) is 7.59. The van der Waals surface area contributed by atoms with E-state index in [4.69, 9.17) is 0 Å². The molecule has 0 aliphatic carbocycles. The number of benzene rings is 1. The molecular formula is C13H15NO2. The molecule has 0 atom stereocenters. The van der Waals surface area contributed by atoms with Crippen LogP contribution in [0.15, 0.2) is 18.2 Å². The van der Waals surface area contributed by atoms with Crippen molar-refractivity contribution in [3.8, 4) is 0 Å². The minimum absolute atomic E-state index is 0.0704. The molecule has 1 heterocycles. The Morgan fingerprint density at radius 1 is 1.31 bits per heavy atom. The predicted molar refractivity (Wildman–Crippen MR) is 62.8 cm³/mol. The summed E-state index contributed by atoms with van der Waals surface area (Å²) in [5.41, 5.74) is 2.76. The fourth-order valence-electron chi connectivity index (χ4n) is 2.06. The highest BCUT2D eigenvalue weighted by molar-refractivity contribution is 5.97. The number of anilines is 1. The van der Waals surface area contributed by atoms with Crippen molar-refractivity contribution >= 4 is 17.4 Å². The van der Waals surface area contributed by atoms with Gasteiger partial charge >= 0.3 is 0 Å². The molecule has 84 valence electrons. The van der Waals surface area contributed by atoms with Gasteiger partial charge in [-0.1, -0.05) is 0 Å². The molecule has 0 radical (unpaired) electrons. The lowest BCUT2D eigenvalue weighted by atomic mass is 10.0. The molecule has 1 amide bonds. The van der Waals surface area contributed by atoms with Crippen LogP contribution in [0, 0.1) is 0 Å². The fraction of sp³-hybridized carbons (Fsp3) is 0.385. The van der Waals surface area contributed by atoms with Crippen molar-refractivity contribution in [1.29, 1.82) is 0 Å². The molecule has 16 heavy (non-hydrogen) atoms. The van der Waals surface area contributed by atoms with E-state index >= 15 is 0 Å². The first kappa shape index (κ1) is 10.9. The molecular weight excluding hydrogens is 202 g/mol. The third-order valence-electron chi connectivity index (χ3n) is 3.06. The predicted octanol–water partition coefficient (Wildman–Crippen LogP) is 2.19. The van der Waals surface area contributed by atoms with Gasteiger partial charge in [0.25, 0.3) is 0 Å². The number of rotatable bonds is 1. The van der Waals surface area contributed by atoms with Crippen LogP contribution in [0.1, 0.15) is 35.7 Å². The summed E-state index contributed by atoms with van der Waals surface area (Å²) < 4.78 is 0. The molecule has 1 aliphatic heterocycles. The first-order valence-corrected chi connectivity index (χ1v) is 5.50. The van der Waals surface area contributed by atoms with Crippen LogP contribution in [-0.2, 0) is 11.2 Å². The summed E-state index contributed by atoms with van der Waals surface area (Å²) in [4.78, 5) is 24.6. The second-order valence-electron chi connectivity index (χ2n) is 4.21. The third kappa shape index (κ3) is 1.85. The second-order valence-corrected chi connectivity index (χ2v) is 4.21. The van der Waals surface area contributed by atoms with E-state index in [1.165, 1.54) is 0 Å². The maximum atomic E-state index is 11.7. The van der Waals surface area contributed by atoms with Crippen molar-refractivity contribution in [2.24, 2.45) is 0 Å². The van der Waals surface area contributed by atoms with Crippen molar-refractivity contribution in [2.45, 2.75) is 26.2 Å². The monoisotopic (exact) mass is 217 g/mol. The largest absolute Gasteiger partial charge is 0.315 e. The maximum Gasteiger partial charge on any atom is 0.226 e. The van der Waals surface area contributed by atoms with Crippen LogP contribution in [-0.4, -0.2) is 18.7 Å². The van der Waals surface area contributed by atoms with E-state index in [-0.39, 0.29) is 11.7 Å². The van der Waals surface area contributed by atoms with Crippen molar-refractivity contribution in [3.63, 3.8) is 0 Å². The van der Waals surface area contributed by atoms with Gasteiger partial charge in [-0.2, -0.15) is 0 Å². The van der Waals surface area contributed by atoms with Crippen molar-refractivity contribution in [2.75, 3.05) is 11.9 Å². The van der Waals surface area contributed by atoms with E-state index in [2.05, 4.69) is 0 Å². The smallest absolute Gasteiger partial charge is 0.226 e. The van der Waals surface area contributed by atoms with Gasteiger partial charge < -0.3 is 4.90 Å². The number of nitrogens with zero attached hydrogens (tertiary/aromatic N) is 1. The lowest BCUT2D eigenvalue weighted by Crippen LogP contribution is -2.25. The number of ketones is 1. The van der Waals surface area contributed by atoms with Gasteiger partial charge in [0.15, 0.2) is 5.78 Å². The number of hydrogen-bond donors (Lipinski definition) is 0. The van der Waals surface area contributed by atoms with Crippen LogP contribution in [0.4, 0.5) is 5.69 Å². The number of aryl methyl sites for hydroxylation is 1. The number of carbonyl (C=O) groups is 2. The van der Waals surface area contributed by atoms with Crippen molar-refractivity contribution in [1.82, 2.24) is 0 Å². The SMILES string of the molecule is CC(=O)c1ccc2c(c1)CCCC(=O)N2C. The molecule has 3 heteroatoms. The number of carbonyl (C=O) groups excluding carboxylic acids is 2. The van der Waals surface area contributed by atoms with E-state index in [9.17, 15) is 9.59 Å². The summed E-state index contributed by atoms with van der Waals surface area (Å²) in [5.74, 6) is 0.218. The molecule has 2 rings (SSSR count). The average Bonchev–Trinajstić information content (AvgIpc) is 2.40. The minimum atomic E-state index is 0.0704. The van der Waals surface area contributed by atoms with Gasteiger partial charge in [0.1, 0.15) is 0 Å². The molecule has 0 fully saturated rings. The van der Waals surface area contributed by atoms with Gasteiger partial charge in [0, 0.05) is 24.7 Å². The topological polar surface area (TPSA) is 37.4 Å². The quantitative estimate of drug-likeness (QED) is 0.676. The van der Waals surface area contributed by atoms with Crippen LogP contribution in [0.3, 0.4) is 0 Å². The van der Waals surface area contributed by atoms with Crippen LogP contribution in [0.5, 0.6) is 0 Å². The van der Waals surface area contributed by atoms with Gasteiger partial charge in [0.2, 0.25) is 5.91 Å². The van der Waals surface area contributed by atoms with E-state index in [1.807, 2.05) is 12.1 Å². The Bertz CT molecular complexity index is 451. The number of hydrogen-bond acceptors (Lipinski definition) is 2. The molecule has 0 unspecified atom stereocenters. The van der Waals surface area contributed by atoms with E-state index < -0.39 is 0 Å².